The highest BCUT2D eigenvalue weighted by atomic mass is 32.1. The molecule has 0 radical (unpaired) electrons. The second-order valence-electron chi connectivity index (χ2n) is 8.36. The van der Waals surface area contributed by atoms with Crippen molar-refractivity contribution in [1.82, 2.24) is 9.88 Å². The fraction of sp³-hybridized carbons (Fsp3) is 0.346. The van der Waals surface area contributed by atoms with Crippen molar-refractivity contribution in [2.24, 2.45) is 15.9 Å². The first-order valence-electron chi connectivity index (χ1n) is 11.5. The molecule has 4 rings (SSSR count). The van der Waals surface area contributed by atoms with Crippen LogP contribution in [0.3, 0.4) is 0 Å². The molecule has 9 heteroatoms. The van der Waals surface area contributed by atoms with Gasteiger partial charge in [-0.15, -0.1) is 11.3 Å². The summed E-state index contributed by atoms with van der Waals surface area (Å²) in [6, 6.07) is 10.6. The molecular formula is C26H25F2N5OS. The van der Waals surface area contributed by atoms with Crippen molar-refractivity contribution in [1.29, 1.82) is 5.26 Å². The minimum absolute atomic E-state index is 0.0300. The number of rotatable bonds is 7. The average molecular weight is 494 g/mol. The molecule has 6 nitrogen and oxygen atoms in total. The number of thiophene rings is 1. The number of amides is 1. The third kappa shape index (κ3) is 5.95. The molecule has 1 amide bonds. The first-order valence-corrected chi connectivity index (χ1v) is 12.3. The lowest BCUT2D eigenvalue weighted by molar-refractivity contribution is -0.119. The quantitative estimate of drug-likeness (QED) is 0.485. The summed E-state index contributed by atoms with van der Waals surface area (Å²) in [4.78, 5) is 28.4. The molecule has 0 saturated carbocycles. The van der Waals surface area contributed by atoms with E-state index in [1.54, 1.807) is 25.3 Å². The zero-order valence-electron chi connectivity index (χ0n) is 19.3. The lowest BCUT2D eigenvalue weighted by Gasteiger charge is -2.28. The van der Waals surface area contributed by atoms with Crippen LogP contribution in [0.5, 0.6) is 0 Å². The summed E-state index contributed by atoms with van der Waals surface area (Å²) in [5, 5.41) is 9.05. The number of hydrogen-bond acceptors (Lipinski definition) is 6. The van der Waals surface area contributed by atoms with Gasteiger partial charge in [0.15, 0.2) is 0 Å². The van der Waals surface area contributed by atoms with Crippen molar-refractivity contribution in [2.45, 2.75) is 38.5 Å². The number of aliphatic imine (C=N–C) groups is 2. The van der Waals surface area contributed by atoms with Crippen molar-refractivity contribution in [3.05, 3.63) is 69.7 Å². The van der Waals surface area contributed by atoms with Crippen LogP contribution in [0.15, 0.2) is 58.5 Å². The average Bonchev–Trinajstić information content (AvgIpc) is 3.35. The highest BCUT2D eigenvalue weighted by Crippen LogP contribution is 2.35. The van der Waals surface area contributed by atoms with Crippen molar-refractivity contribution >= 4 is 35.0 Å². The van der Waals surface area contributed by atoms with E-state index < -0.39 is 11.8 Å². The van der Waals surface area contributed by atoms with Crippen LogP contribution in [-0.2, 0) is 17.1 Å². The molecule has 0 bridgehead atoms. The van der Waals surface area contributed by atoms with E-state index in [0.717, 1.165) is 33.6 Å². The SMILES string of the molecule is C/C=C/C(F)(F)c1ccc(CCCC2C=NC(N3CC=C(c4cccc(C#N)n4)CC3)=NC2=O)s1. The predicted octanol–water partition coefficient (Wildman–Crippen LogP) is 5.38. The Morgan fingerprint density at radius 1 is 1.31 bits per heavy atom. The standard InChI is InChI=1S/C26H25F2N5OS/c1-2-13-26(27,28)23-10-9-21(35-23)7-3-5-19-17-30-25(32-24(19)34)33-14-11-18(12-15-33)22-8-4-6-20(16-29)31-22/h2,4,6,8-11,13,17,19H,3,5,7,12,14-15H2,1H3/b13-2+. The molecule has 4 heterocycles. The summed E-state index contributed by atoms with van der Waals surface area (Å²) in [5.74, 6) is -3.15. The Labute approximate surface area is 207 Å². The molecule has 2 aliphatic rings. The van der Waals surface area contributed by atoms with Crippen LogP contribution in [-0.4, -0.2) is 41.1 Å². The lowest BCUT2D eigenvalue weighted by atomic mass is 10.0. The van der Waals surface area contributed by atoms with Crippen molar-refractivity contribution < 1.29 is 13.6 Å². The van der Waals surface area contributed by atoms with Gasteiger partial charge in [0.25, 0.3) is 5.91 Å². The topological polar surface area (TPSA) is 81.7 Å². The monoisotopic (exact) mass is 493 g/mol. The van der Waals surface area contributed by atoms with Gasteiger partial charge in [-0.2, -0.15) is 19.0 Å². The van der Waals surface area contributed by atoms with Gasteiger partial charge in [0, 0.05) is 24.2 Å². The molecule has 0 aromatic carbocycles. The van der Waals surface area contributed by atoms with E-state index in [9.17, 15) is 13.6 Å². The molecule has 0 N–H and O–H groups in total. The van der Waals surface area contributed by atoms with Crippen LogP contribution >= 0.6 is 11.3 Å². The number of aryl methyl sites for hydroxylation is 1. The molecule has 0 spiro atoms. The fourth-order valence-corrected chi connectivity index (χ4v) is 5.02. The van der Waals surface area contributed by atoms with Crippen LogP contribution < -0.4 is 0 Å². The summed E-state index contributed by atoms with van der Waals surface area (Å²) in [6.45, 7) is 2.78. The number of allylic oxidation sites excluding steroid dienone is 2. The number of nitriles is 1. The van der Waals surface area contributed by atoms with E-state index >= 15 is 0 Å². The molecule has 2 aromatic heterocycles. The molecule has 180 valence electrons. The Morgan fingerprint density at radius 3 is 2.89 bits per heavy atom. The summed E-state index contributed by atoms with van der Waals surface area (Å²) >= 11 is 1.11. The van der Waals surface area contributed by atoms with E-state index in [2.05, 4.69) is 21.0 Å². The number of aromatic nitrogens is 1. The normalized spacial score (nSPS) is 18.5. The van der Waals surface area contributed by atoms with E-state index in [0.29, 0.717) is 50.4 Å². The third-order valence-corrected chi connectivity index (χ3v) is 7.12. The number of carbonyl (C=O) groups is 1. The molecule has 0 aliphatic carbocycles. The Kier molecular flexibility index (Phi) is 7.61. The van der Waals surface area contributed by atoms with Crippen molar-refractivity contribution in [2.75, 3.05) is 13.1 Å². The first-order chi connectivity index (χ1) is 16.9. The van der Waals surface area contributed by atoms with Crippen LogP contribution in [0.2, 0.25) is 0 Å². The van der Waals surface area contributed by atoms with Crippen LogP contribution in [0.25, 0.3) is 5.57 Å². The molecule has 1 unspecified atom stereocenters. The Hall–Kier alpha value is -3.51. The maximum Gasteiger partial charge on any atom is 0.300 e. The zero-order valence-corrected chi connectivity index (χ0v) is 20.1. The Balaban J connectivity index is 1.29. The molecular weight excluding hydrogens is 468 g/mol. The van der Waals surface area contributed by atoms with Gasteiger partial charge in [-0.1, -0.05) is 18.2 Å². The van der Waals surface area contributed by atoms with Gasteiger partial charge in [0.05, 0.1) is 16.5 Å². The van der Waals surface area contributed by atoms with Gasteiger partial charge in [0.2, 0.25) is 5.96 Å². The summed E-state index contributed by atoms with van der Waals surface area (Å²) in [6.07, 6.45) is 8.54. The largest absolute Gasteiger partial charge is 0.337 e. The number of carbonyl (C=O) groups excluding carboxylic acids is 1. The van der Waals surface area contributed by atoms with Gasteiger partial charge < -0.3 is 4.90 Å². The maximum absolute atomic E-state index is 14.0. The molecule has 0 fully saturated rings. The van der Waals surface area contributed by atoms with E-state index in [1.165, 1.54) is 12.1 Å². The Morgan fingerprint density at radius 2 is 2.17 bits per heavy atom. The number of nitrogens with zero attached hydrogens (tertiary/aromatic N) is 5. The number of pyridine rings is 1. The summed E-state index contributed by atoms with van der Waals surface area (Å²) in [5.41, 5.74) is 2.23. The van der Waals surface area contributed by atoms with E-state index in [4.69, 9.17) is 5.26 Å². The van der Waals surface area contributed by atoms with Gasteiger partial charge in [-0.3, -0.25) is 4.79 Å². The van der Waals surface area contributed by atoms with Crippen molar-refractivity contribution in [3.63, 3.8) is 0 Å². The summed E-state index contributed by atoms with van der Waals surface area (Å²) in [7, 11) is 0. The second-order valence-corrected chi connectivity index (χ2v) is 9.53. The maximum atomic E-state index is 14.0. The highest BCUT2D eigenvalue weighted by molar-refractivity contribution is 7.12. The van der Waals surface area contributed by atoms with Crippen LogP contribution in [0.4, 0.5) is 8.78 Å². The number of hydrogen-bond donors (Lipinski definition) is 0. The zero-order chi connectivity index (χ0) is 24.8. The van der Waals surface area contributed by atoms with E-state index in [1.807, 2.05) is 23.1 Å². The molecule has 0 saturated heterocycles. The van der Waals surface area contributed by atoms with Gasteiger partial charge in [-0.05, 0) is 68.5 Å². The number of alkyl halides is 2. The van der Waals surface area contributed by atoms with Gasteiger partial charge in [0.1, 0.15) is 11.8 Å². The number of guanidine groups is 1. The Bertz CT molecular complexity index is 1250. The minimum atomic E-state index is -2.95. The fourth-order valence-electron chi connectivity index (χ4n) is 4.02. The lowest BCUT2D eigenvalue weighted by Crippen LogP contribution is -2.37. The van der Waals surface area contributed by atoms with Crippen LogP contribution in [0, 0.1) is 17.2 Å². The predicted molar refractivity (Wildman–Crippen MR) is 134 cm³/mol. The highest BCUT2D eigenvalue weighted by Gasteiger charge is 2.29. The molecule has 2 aromatic rings. The molecule has 1 atom stereocenters. The minimum Gasteiger partial charge on any atom is -0.337 e. The van der Waals surface area contributed by atoms with E-state index in [-0.39, 0.29) is 10.8 Å². The van der Waals surface area contributed by atoms with Crippen molar-refractivity contribution in [3.8, 4) is 6.07 Å². The summed E-state index contributed by atoms with van der Waals surface area (Å²) < 4.78 is 28.0. The first kappa shape index (κ1) is 24.6. The van der Waals surface area contributed by atoms with Gasteiger partial charge >= 0.3 is 5.92 Å². The van der Waals surface area contributed by atoms with Crippen LogP contribution in [0.1, 0.15) is 47.3 Å². The second kappa shape index (κ2) is 10.8. The number of halogens is 2. The third-order valence-electron chi connectivity index (χ3n) is 5.89. The molecule has 35 heavy (non-hydrogen) atoms. The smallest absolute Gasteiger partial charge is 0.300 e. The van der Waals surface area contributed by atoms with Gasteiger partial charge in [-0.25, -0.2) is 9.98 Å². The molecule has 2 aliphatic heterocycles.